The van der Waals surface area contributed by atoms with Crippen LogP contribution >= 0.6 is 22.7 Å². The number of thiophene rings is 1. The van der Waals surface area contributed by atoms with Crippen LogP contribution < -0.4 is 5.32 Å². The van der Waals surface area contributed by atoms with Gasteiger partial charge in [0, 0.05) is 6.54 Å². The molecule has 0 atom stereocenters. The molecule has 2 rings (SSSR count). The predicted molar refractivity (Wildman–Crippen MR) is 58.8 cm³/mol. The van der Waals surface area contributed by atoms with Crippen molar-refractivity contribution in [2.24, 2.45) is 0 Å². The van der Waals surface area contributed by atoms with Crippen molar-refractivity contribution in [3.05, 3.63) is 33.5 Å². The van der Waals surface area contributed by atoms with Crippen LogP contribution in [-0.2, 0) is 12.7 Å². The maximum atomic E-state index is 12.3. The third-order valence-corrected chi connectivity index (χ3v) is 3.54. The van der Waals surface area contributed by atoms with E-state index in [1.165, 1.54) is 0 Å². The summed E-state index contributed by atoms with van der Waals surface area (Å²) >= 11 is 2.17. The quantitative estimate of drug-likeness (QED) is 0.911. The molecule has 0 radical (unpaired) electrons. The number of aromatic nitrogens is 1. The van der Waals surface area contributed by atoms with Gasteiger partial charge in [0.25, 0.3) is 0 Å². The van der Waals surface area contributed by atoms with Crippen molar-refractivity contribution in [1.29, 1.82) is 0 Å². The Morgan fingerprint density at radius 1 is 1.38 bits per heavy atom. The number of nitrogens with zero attached hydrogens (tertiary/aromatic N) is 1. The van der Waals surface area contributed by atoms with Crippen LogP contribution in [0.3, 0.4) is 0 Å². The number of hydrogen-bond acceptors (Lipinski definition) is 4. The Morgan fingerprint density at radius 2 is 2.19 bits per heavy atom. The zero-order chi connectivity index (χ0) is 11.6. The van der Waals surface area contributed by atoms with E-state index < -0.39 is 11.1 Å². The van der Waals surface area contributed by atoms with Gasteiger partial charge in [-0.15, -0.1) is 0 Å². The third kappa shape index (κ3) is 2.73. The van der Waals surface area contributed by atoms with Crippen LogP contribution in [0.1, 0.15) is 10.4 Å². The molecule has 0 bridgehead atoms. The Balaban J connectivity index is 1.98. The summed E-state index contributed by atoms with van der Waals surface area (Å²) in [6.45, 7) is 0.494. The molecule has 0 spiro atoms. The van der Waals surface area contributed by atoms with Crippen molar-refractivity contribution in [3.63, 3.8) is 0 Å². The second-order valence-electron chi connectivity index (χ2n) is 3.01. The molecule has 0 amide bonds. The van der Waals surface area contributed by atoms with E-state index in [-0.39, 0.29) is 0 Å². The van der Waals surface area contributed by atoms with Gasteiger partial charge >= 0.3 is 6.18 Å². The Hall–Kier alpha value is -1.08. The molecule has 0 aromatic carbocycles. The fraction of sp³-hybridized carbons (Fsp3) is 0.222. The molecule has 0 saturated heterocycles. The molecular formula is C9H7F3N2S2. The minimum Gasteiger partial charge on any atom is -0.357 e. The lowest BCUT2D eigenvalue weighted by atomic mass is 10.3. The van der Waals surface area contributed by atoms with E-state index >= 15 is 0 Å². The Kier molecular flexibility index (Phi) is 3.15. The number of rotatable bonds is 3. The Labute approximate surface area is 97.8 Å². The molecule has 2 aromatic rings. The molecule has 0 aliphatic heterocycles. The minimum absolute atomic E-state index is 0.290. The number of thiazole rings is 1. The molecule has 0 saturated carbocycles. The summed E-state index contributed by atoms with van der Waals surface area (Å²) < 4.78 is 36.8. The van der Waals surface area contributed by atoms with E-state index in [0.29, 0.717) is 23.0 Å². The topological polar surface area (TPSA) is 24.9 Å². The molecule has 1 N–H and O–H groups in total. The third-order valence-electron chi connectivity index (χ3n) is 1.81. The van der Waals surface area contributed by atoms with Crippen LogP contribution in [0.15, 0.2) is 23.0 Å². The highest BCUT2D eigenvalue weighted by Gasteiger charge is 2.33. The fourth-order valence-corrected chi connectivity index (χ4v) is 2.41. The molecular weight excluding hydrogens is 257 g/mol. The molecule has 86 valence electrons. The van der Waals surface area contributed by atoms with Crippen molar-refractivity contribution in [3.8, 4) is 0 Å². The lowest BCUT2D eigenvalue weighted by molar-refractivity contribution is -0.134. The van der Waals surface area contributed by atoms with Crippen LogP contribution in [0.5, 0.6) is 0 Å². The summed E-state index contributed by atoms with van der Waals surface area (Å²) in [7, 11) is 0. The molecule has 0 unspecified atom stereocenters. The molecule has 0 aliphatic rings. The Morgan fingerprint density at radius 3 is 2.75 bits per heavy atom. The van der Waals surface area contributed by atoms with Gasteiger partial charge in [-0.25, -0.2) is 4.98 Å². The molecule has 0 fully saturated rings. The van der Waals surface area contributed by atoms with Gasteiger partial charge in [0.05, 0.1) is 6.20 Å². The number of nitrogens with one attached hydrogen (secondary N) is 1. The van der Waals surface area contributed by atoms with Gasteiger partial charge < -0.3 is 5.32 Å². The van der Waals surface area contributed by atoms with E-state index in [0.717, 1.165) is 11.8 Å². The van der Waals surface area contributed by atoms with Crippen LogP contribution in [0, 0.1) is 0 Å². The lowest BCUT2D eigenvalue weighted by Crippen LogP contribution is -2.00. The maximum absolute atomic E-state index is 12.3. The summed E-state index contributed by atoms with van der Waals surface area (Å²) in [6.07, 6.45) is -3.46. The highest BCUT2D eigenvalue weighted by molar-refractivity contribution is 7.15. The summed E-state index contributed by atoms with van der Waals surface area (Å²) in [5.74, 6) is 0. The lowest BCUT2D eigenvalue weighted by Gasteiger charge is -2.01. The average molecular weight is 264 g/mol. The average Bonchev–Trinajstić information content (AvgIpc) is 2.85. The smallest absolute Gasteiger partial charge is 0.357 e. The first-order valence-electron chi connectivity index (χ1n) is 4.33. The van der Waals surface area contributed by atoms with Crippen molar-refractivity contribution < 1.29 is 13.2 Å². The van der Waals surface area contributed by atoms with Gasteiger partial charge in [-0.1, -0.05) is 11.3 Å². The first-order chi connectivity index (χ1) is 7.55. The summed E-state index contributed by atoms with van der Waals surface area (Å²) in [5.41, 5.74) is 1.04. The van der Waals surface area contributed by atoms with Gasteiger partial charge in [-0.05, 0) is 22.4 Å². The van der Waals surface area contributed by atoms with Crippen LogP contribution in [-0.4, -0.2) is 4.98 Å². The summed E-state index contributed by atoms with van der Waals surface area (Å²) in [4.78, 5) is 2.99. The summed E-state index contributed by atoms with van der Waals surface area (Å²) in [5, 5.41) is 7.00. The monoisotopic (exact) mass is 264 g/mol. The van der Waals surface area contributed by atoms with Gasteiger partial charge in [-0.3, -0.25) is 0 Å². The summed E-state index contributed by atoms with van der Waals surface area (Å²) in [6, 6.07) is 1.91. The van der Waals surface area contributed by atoms with Gasteiger partial charge in [0.15, 0.2) is 5.13 Å². The van der Waals surface area contributed by atoms with E-state index in [9.17, 15) is 13.2 Å². The molecule has 0 aliphatic carbocycles. The van der Waals surface area contributed by atoms with E-state index in [1.807, 2.05) is 16.8 Å². The largest absolute Gasteiger partial charge is 0.427 e. The van der Waals surface area contributed by atoms with Gasteiger partial charge in [0.1, 0.15) is 4.88 Å². The second-order valence-corrected chi connectivity index (χ2v) is 4.82. The van der Waals surface area contributed by atoms with E-state index in [4.69, 9.17) is 0 Å². The molecule has 2 nitrogen and oxygen atoms in total. The highest BCUT2D eigenvalue weighted by Crippen LogP contribution is 2.35. The van der Waals surface area contributed by atoms with Gasteiger partial charge in [0.2, 0.25) is 0 Å². The van der Waals surface area contributed by atoms with Gasteiger partial charge in [-0.2, -0.15) is 24.5 Å². The number of anilines is 1. The number of halogens is 3. The Bertz CT molecular complexity index is 448. The maximum Gasteiger partial charge on any atom is 0.427 e. The zero-order valence-corrected chi connectivity index (χ0v) is 9.55. The molecule has 16 heavy (non-hydrogen) atoms. The first-order valence-corrected chi connectivity index (χ1v) is 6.09. The van der Waals surface area contributed by atoms with Crippen LogP contribution in [0.25, 0.3) is 0 Å². The normalized spacial score (nSPS) is 11.7. The predicted octanol–water partition coefficient (Wildman–Crippen LogP) is 3.84. The van der Waals surface area contributed by atoms with Crippen molar-refractivity contribution in [2.45, 2.75) is 12.7 Å². The highest BCUT2D eigenvalue weighted by atomic mass is 32.1. The SMILES string of the molecule is FC(F)(F)c1cnc(NCc2ccsc2)s1. The van der Waals surface area contributed by atoms with Crippen LogP contribution in [0.2, 0.25) is 0 Å². The van der Waals surface area contributed by atoms with E-state index in [1.54, 1.807) is 11.3 Å². The minimum atomic E-state index is -4.31. The molecule has 2 aromatic heterocycles. The standard InChI is InChI=1S/C9H7F3N2S2/c10-9(11,12)7-4-14-8(16-7)13-3-6-1-2-15-5-6/h1-2,4-5H,3H2,(H,13,14). The molecule has 7 heteroatoms. The fourth-order valence-electron chi connectivity index (χ4n) is 1.06. The van der Waals surface area contributed by atoms with Crippen molar-refractivity contribution in [1.82, 2.24) is 4.98 Å². The van der Waals surface area contributed by atoms with Crippen molar-refractivity contribution in [2.75, 3.05) is 5.32 Å². The first kappa shape index (κ1) is 11.4. The zero-order valence-electron chi connectivity index (χ0n) is 7.91. The number of alkyl halides is 3. The van der Waals surface area contributed by atoms with Crippen LogP contribution in [0.4, 0.5) is 18.3 Å². The van der Waals surface area contributed by atoms with E-state index in [2.05, 4.69) is 10.3 Å². The number of hydrogen-bond donors (Lipinski definition) is 1. The second kappa shape index (κ2) is 4.42. The molecule has 2 heterocycles. The van der Waals surface area contributed by atoms with Crippen molar-refractivity contribution >= 4 is 27.8 Å².